The van der Waals surface area contributed by atoms with Crippen LogP contribution in [-0.4, -0.2) is 13.2 Å². The molecule has 0 aliphatic rings. The van der Waals surface area contributed by atoms with Gasteiger partial charge in [-0.1, -0.05) is 26.0 Å². The molecule has 0 bridgehead atoms. The molecular formula is C17H23NO2. The van der Waals surface area contributed by atoms with E-state index in [0.717, 1.165) is 24.4 Å². The summed E-state index contributed by atoms with van der Waals surface area (Å²) in [5, 5.41) is 3.33. The van der Waals surface area contributed by atoms with Crippen molar-refractivity contribution in [1.29, 1.82) is 0 Å². The first-order chi connectivity index (χ1) is 9.66. The van der Waals surface area contributed by atoms with Crippen LogP contribution < -0.4 is 10.1 Å². The van der Waals surface area contributed by atoms with Gasteiger partial charge in [0, 0.05) is 18.7 Å². The molecule has 1 aromatic heterocycles. The summed E-state index contributed by atoms with van der Waals surface area (Å²) < 4.78 is 10.9. The van der Waals surface area contributed by atoms with Crippen molar-refractivity contribution in [2.24, 2.45) is 0 Å². The van der Waals surface area contributed by atoms with Crippen LogP contribution in [-0.2, 0) is 6.54 Å². The molecule has 0 aliphatic heterocycles. The molecule has 1 heterocycles. The number of benzene rings is 1. The van der Waals surface area contributed by atoms with E-state index < -0.39 is 0 Å². The van der Waals surface area contributed by atoms with Crippen molar-refractivity contribution in [3.05, 3.63) is 53.5 Å². The molecule has 0 amide bonds. The third kappa shape index (κ3) is 4.14. The molecule has 2 aromatic rings. The normalized spacial score (nSPS) is 11.0. The first kappa shape index (κ1) is 14.7. The first-order valence-corrected chi connectivity index (χ1v) is 7.12. The molecule has 1 N–H and O–H groups in total. The maximum Gasteiger partial charge on any atom is 0.122 e. The van der Waals surface area contributed by atoms with Crippen LogP contribution in [0.25, 0.3) is 0 Å². The van der Waals surface area contributed by atoms with Gasteiger partial charge in [0.15, 0.2) is 0 Å². The minimum atomic E-state index is 0.525. The fourth-order valence-corrected chi connectivity index (χ4v) is 1.99. The predicted octanol–water partition coefficient (Wildman–Crippen LogP) is 3.88. The van der Waals surface area contributed by atoms with Crippen LogP contribution in [0.15, 0.2) is 41.2 Å². The summed E-state index contributed by atoms with van der Waals surface area (Å²) in [6, 6.07) is 8.41. The Kier molecular flexibility index (Phi) is 5.24. The van der Waals surface area contributed by atoms with Crippen molar-refractivity contribution >= 4 is 0 Å². The van der Waals surface area contributed by atoms with Gasteiger partial charge in [-0.25, -0.2) is 0 Å². The highest BCUT2D eigenvalue weighted by molar-refractivity contribution is 5.37. The van der Waals surface area contributed by atoms with Crippen LogP contribution in [0.2, 0.25) is 0 Å². The molecule has 108 valence electrons. The molecule has 0 atom stereocenters. The monoisotopic (exact) mass is 273 g/mol. The number of aryl methyl sites for hydroxylation is 1. The van der Waals surface area contributed by atoms with Gasteiger partial charge in [0.2, 0.25) is 0 Å². The lowest BCUT2D eigenvalue weighted by Crippen LogP contribution is -2.20. The fourth-order valence-electron chi connectivity index (χ4n) is 1.99. The highest BCUT2D eigenvalue weighted by Gasteiger charge is 2.04. The summed E-state index contributed by atoms with van der Waals surface area (Å²) in [6.07, 6.45) is 3.44. The van der Waals surface area contributed by atoms with E-state index in [0.29, 0.717) is 12.5 Å². The summed E-state index contributed by atoms with van der Waals surface area (Å²) >= 11 is 0. The fraction of sp³-hybridized carbons (Fsp3) is 0.412. The Morgan fingerprint density at radius 3 is 2.80 bits per heavy atom. The molecule has 0 aliphatic carbocycles. The summed E-state index contributed by atoms with van der Waals surface area (Å²) in [6.45, 7) is 8.77. The molecule has 0 radical (unpaired) electrons. The van der Waals surface area contributed by atoms with Crippen LogP contribution in [0.5, 0.6) is 5.75 Å². The van der Waals surface area contributed by atoms with Gasteiger partial charge in [0.25, 0.3) is 0 Å². The van der Waals surface area contributed by atoms with E-state index in [-0.39, 0.29) is 0 Å². The Labute approximate surface area is 121 Å². The van der Waals surface area contributed by atoms with Crippen LogP contribution in [0.3, 0.4) is 0 Å². The van der Waals surface area contributed by atoms with Crippen LogP contribution in [0, 0.1) is 6.92 Å². The van der Waals surface area contributed by atoms with E-state index in [4.69, 9.17) is 9.15 Å². The van der Waals surface area contributed by atoms with Crippen molar-refractivity contribution in [3.63, 3.8) is 0 Å². The zero-order valence-electron chi connectivity index (χ0n) is 12.5. The summed E-state index contributed by atoms with van der Waals surface area (Å²) in [5.41, 5.74) is 3.66. The van der Waals surface area contributed by atoms with Gasteiger partial charge in [-0.15, -0.1) is 0 Å². The Hall–Kier alpha value is -1.74. The molecule has 0 unspecified atom stereocenters. The molecule has 1 aromatic carbocycles. The zero-order valence-corrected chi connectivity index (χ0v) is 12.5. The maximum absolute atomic E-state index is 5.86. The molecule has 2 rings (SSSR count). The standard InChI is InChI=1S/C17H23NO2/c1-13(2)16-5-4-14(3)17(10-16)20-9-7-18-11-15-6-8-19-12-15/h4-6,8,10,12-13,18H,7,9,11H2,1-3H3. The Balaban J connectivity index is 1.77. The van der Waals surface area contributed by atoms with Gasteiger partial charge < -0.3 is 14.5 Å². The van der Waals surface area contributed by atoms with Gasteiger partial charge in [-0.3, -0.25) is 0 Å². The lowest BCUT2D eigenvalue weighted by Gasteiger charge is -2.13. The average molecular weight is 273 g/mol. The highest BCUT2D eigenvalue weighted by atomic mass is 16.5. The Bertz CT molecular complexity index is 518. The molecule has 3 nitrogen and oxygen atoms in total. The van der Waals surface area contributed by atoms with E-state index in [1.807, 2.05) is 6.07 Å². The third-order valence-corrected chi connectivity index (χ3v) is 3.32. The van der Waals surface area contributed by atoms with E-state index in [2.05, 4.69) is 44.3 Å². The third-order valence-electron chi connectivity index (χ3n) is 3.32. The van der Waals surface area contributed by atoms with E-state index >= 15 is 0 Å². The second-order valence-electron chi connectivity index (χ2n) is 5.34. The molecule has 0 saturated heterocycles. The van der Waals surface area contributed by atoms with E-state index in [9.17, 15) is 0 Å². The second kappa shape index (κ2) is 7.15. The molecule has 0 fully saturated rings. The minimum Gasteiger partial charge on any atom is -0.492 e. The topological polar surface area (TPSA) is 34.4 Å². The van der Waals surface area contributed by atoms with Gasteiger partial charge in [0.1, 0.15) is 12.4 Å². The molecule has 20 heavy (non-hydrogen) atoms. The quantitative estimate of drug-likeness (QED) is 0.777. The van der Waals surface area contributed by atoms with Crippen molar-refractivity contribution in [1.82, 2.24) is 5.32 Å². The molecular weight excluding hydrogens is 250 g/mol. The van der Waals surface area contributed by atoms with Gasteiger partial charge in [0.05, 0.1) is 12.5 Å². The maximum atomic E-state index is 5.86. The van der Waals surface area contributed by atoms with Gasteiger partial charge in [-0.05, 0) is 36.1 Å². The lowest BCUT2D eigenvalue weighted by atomic mass is 10.0. The largest absolute Gasteiger partial charge is 0.492 e. The number of ether oxygens (including phenoxy) is 1. The predicted molar refractivity (Wildman–Crippen MR) is 81.2 cm³/mol. The first-order valence-electron chi connectivity index (χ1n) is 7.12. The smallest absolute Gasteiger partial charge is 0.122 e. The highest BCUT2D eigenvalue weighted by Crippen LogP contribution is 2.24. The number of furan rings is 1. The number of rotatable bonds is 7. The Morgan fingerprint density at radius 1 is 1.25 bits per heavy atom. The average Bonchev–Trinajstić information content (AvgIpc) is 2.93. The minimum absolute atomic E-state index is 0.525. The van der Waals surface area contributed by atoms with Crippen molar-refractivity contribution in [3.8, 4) is 5.75 Å². The zero-order chi connectivity index (χ0) is 14.4. The van der Waals surface area contributed by atoms with Gasteiger partial charge >= 0.3 is 0 Å². The van der Waals surface area contributed by atoms with Crippen LogP contribution >= 0.6 is 0 Å². The molecule has 0 spiro atoms. The van der Waals surface area contributed by atoms with Crippen LogP contribution in [0.4, 0.5) is 0 Å². The number of nitrogens with one attached hydrogen (secondary N) is 1. The Morgan fingerprint density at radius 2 is 2.10 bits per heavy atom. The van der Waals surface area contributed by atoms with E-state index in [1.165, 1.54) is 11.1 Å². The number of hydrogen-bond acceptors (Lipinski definition) is 3. The molecule has 3 heteroatoms. The van der Waals surface area contributed by atoms with Crippen molar-refractivity contribution in [2.75, 3.05) is 13.2 Å². The second-order valence-corrected chi connectivity index (χ2v) is 5.34. The van der Waals surface area contributed by atoms with Crippen molar-refractivity contribution in [2.45, 2.75) is 33.2 Å². The van der Waals surface area contributed by atoms with Gasteiger partial charge in [-0.2, -0.15) is 0 Å². The summed E-state index contributed by atoms with van der Waals surface area (Å²) in [5.74, 6) is 1.51. The van der Waals surface area contributed by atoms with Crippen LogP contribution in [0.1, 0.15) is 36.5 Å². The summed E-state index contributed by atoms with van der Waals surface area (Å²) in [7, 11) is 0. The van der Waals surface area contributed by atoms with E-state index in [1.54, 1.807) is 12.5 Å². The lowest BCUT2D eigenvalue weighted by molar-refractivity contribution is 0.311. The summed E-state index contributed by atoms with van der Waals surface area (Å²) in [4.78, 5) is 0. The molecule has 0 saturated carbocycles. The number of hydrogen-bond donors (Lipinski definition) is 1. The van der Waals surface area contributed by atoms with Crippen molar-refractivity contribution < 1.29 is 9.15 Å². The SMILES string of the molecule is Cc1ccc(C(C)C)cc1OCCNCc1ccoc1.